The van der Waals surface area contributed by atoms with Crippen LogP contribution >= 0.6 is 11.6 Å². The van der Waals surface area contributed by atoms with Gasteiger partial charge in [-0.25, -0.2) is 0 Å². The van der Waals surface area contributed by atoms with Gasteiger partial charge in [0.2, 0.25) is 5.95 Å². The van der Waals surface area contributed by atoms with Crippen molar-refractivity contribution in [2.45, 2.75) is 19.9 Å². The number of hydrogen-bond acceptors (Lipinski definition) is 5. The first-order valence-electron chi connectivity index (χ1n) is 4.32. The smallest absolute Gasteiger partial charge is 0.223 e. The molecule has 0 saturated heterocycles. The molecule has 0 aliphatic carbocycles. The van der Waals surface area contributed by atoms with Crippen molar-refractivity contribution < 1.29 is 0 Å². The van der Waals surface area contributed by atoms with Crippen LogP contribution in [0.1, 0.15) is 13.8 Å². The second kappa shape index (κ2) is 4.32. The largest absolute Gasteiger partial charge is 0.383 e. The summed E-state index contributed by atoms with van der Waals surface area (Å²) in [6.07, 6.45) is 0. The fourth-order valence-electron chi connectivity index (χ4n) is 1.05. The molecule has 0 amide bonds. The SMILES string of the molecule is CNc1c(Cl)nc(N)nc1NC(C)C. The van der Waals surface area contributed by atoms with Crippen LogP contribution in [0.25, 0.3) is 0 Å². The van der Waals surface area contributed by atoms with Gasteiger partial charge in [0.1, 0.15) is 5.69 Å². The van der Waals surface area contributed by atoms with Gasteiger partial charge in [0, 0.05) is 13.1 Å². The Morgan fingerprint density at radius 1 is 1.36 bits per heavy atom. The van der Waals surface area contributed by atoms with E-state index in [1.54, 1.807) is 7.05 Å². The number of nitrogens with one attached hydrogen (secondary N) is 2. The van der Waals surface area contributed by atoms with Gasteiger partial charge < -0.3 is 16.4 Å². The summed E-state index contributed by atoms with van der Waals surface area (Å²) in [5, 5.41) is 6.37. The van der Waals surface area contributed by atoms with Crippen molar-refractivity contribution in [3.63, 3.8) is 0 Å². The standard InChI is InChI=1S/C8H14ClN5/c1-4(2)12-7-5(11-3)6(9)13-8(10)14-7/h4,11H,1-3H3,(H3,10,12,13,14). The number of nitrogen functional groups attached to an aromatic ring is 1. The number of nitrogens with two attached hydrogens (primary N) is 1. The van der Waals surface area contributed by atoms with Crippen LogP contribution in [0.3, 0.4) is 0 Å². The summed E-state index contributed by atoms with van der Waals surface area (Å²) in [6, 6.07) is 0.257. The zero-order chi connectivity index (χ0) is 10.7. The van der Waals surface area contributed by atoms with Crippen LogP contribution in [0.5, 0.6) is 0 Å². The second-order valence-electron chi connectivity index (χ2n) is 3.15. The van der Waals surface area contributed by atoms with E-state index in [1.807, 2.05) is 13.8 Å². The van der Waals surface area contributed by atoms with Crippen LogP contribution in [0.4, 0.5) is 17.5 Å². The van der Waals surface area contributed by atoms with E-state index >= 15 is 0 Å². The summed E-state index contributed by atoms with van der Waals surface area (Å²) in [4.78, 5) is 7.90. The van der Waals surface area contributed by atoms with Gasteiger partial charge in [-0.05, 0) is 13.8 Å². The Morgan fingerprint density at radius 2 is 2.00 bits per heavy atom. The third-order valence-electron chi connectivity index (χ3n) is 1.56. The number of anilines is 3. The molecule has 1 aromatic heterocycles. The number of rotatable bonds is 3. The molecule has 0 bridgehead atoms. The molecule has 78 valence electrons. The molecule has 14 heavy (non-hydrogen) atoms. The molecule has 0 unspecified atom stereocenters. The number of aromatic nitrogens is 2. The molecular weight excluding hydrogens is 202 g/mol. The van der Waals surface area contributed by atoms with Crippen molar-refractivity contribution >= 4 is 29.1 Å². The molecule has 5 nitrogen and oxygen atoms in total. The molecule has 1 aromatic rings. The number of hydrogen-bond donors (Lipinski definition) is 3. The zero-order valence-electron chi connectivity index (χ0n) is 8.43. The third-order valence-corrected chi connectivity index (χ3v) is 1.83. The Bertz CT molecular complexity index is 326. The average Bonchev–Trinajstić information content (AvgIpc) is 2.01. The molecule has 0 aliphatic heterocycles. The van der Waals surface area contributed by atoms with E-state index in [1.165, 1.54) is 0 Å². The molecule has 0 aromatic carbocycles. The van der Waals surface area contributed by atoms with Gasteiger partial charge in [-0.1, -0.05) is 11.6 Å². The quantitative estimate of drug-likeness (QED) is 0.668. The van der Waals surface area contributed by atoms with Gasteiger partial charge in [-0.3, -0.25) is 0 Å². The topological polar surface area (TPSA) is 75.9 Å². The maximum atomic E-state index is 5.88. The average molecular weight is 216 g/mol. The lowest BCUT2D eigenvalue weighted by Crippen LogP contribution is -2.14. The highest BCUT2D eigenvalue weighted by Crippen LogP contribution is 2.27. The van der Waals surface area contributed by atoms with E-state index < -0.39 is 0 Å². The molecule has 1 heterocycles. The summed E-state index contributed by atoms with van der Waals surface area (Å²) in [7, 11) is 1.76. The zero-order valence-corrected chi connectivity index (χ0v) is 9.18. The normalized spacial score (nSPS) is 10.4. The summed E-state index contributed by atoms with van der Waals surface area (Å²) < 4.78 is 0. The van der Waals surface area contributed by atoms with Crippen LogP contribution in [-0.2, 0) is 0 Å². The van der Waals surface area contributed by atoms with Crippen LogP contribution in [0.15, 0.2) is 0 Å². The summed E-state index contributed by atoms with van der Waals surface area (Å²) in [6.45, 7) is 4.01. The highest BCUT2D eigenvalue weighted by Gasteiger charge is 2.10. The lowest BCUT2D eigenvalue weighted by Gasteiger charge is -2.14. The van der Waals surface area contributed by atoms with Gasteiger partial charge in [0.05, 0.1) is 0 Å². The summed E-state index contributed by atoms with van der Waals surface area (Å²) in [5.41, 5.74) is 6.15. The second-order valence-corrected chi connectivity index (χ2v) is 3.50. The van der Waals surface area contributed by atoms with Crippen molar-refractivity contribution in [3.8, 4) is 0 Å². The van der Waals surface area contributed by atoms with Crippen LogP contribution < -0.4 is 16.4 Å². The Hall–Kier alpha value is -1.23. The van der Waals surface area contributed by atoms with Crippen molar-refractivity contribution in [1.82, 2.24) is 9.97 Å². The fourth-order valence-corrected chi connectivity index (χ4v) is 1.32. The Morgan fingerprint density at radius 3 is 2.50 bits per heavy atom. The number of halogens is 1. The van der Waals surface area contributed by atoms with E-state index in [4.69, 9.17) is 17.3 Å². The van der Waals surface area contributed by atoms with Gasteiger partial charge in [0.15, 0.2) is 11.0 Å². The Kier molecular flexibility index (Phi) is 3.35. The van der Waals surface area contributed by atoms with Gasteiger partial charge >= 0.3 is 0 Å². The minimum absolute atomic E-state index is 0.164. The highest BCUT2D eigenvalue weighted by atomic mass is 35.5. The molecule has 0 spiro atoms. The van der Waals surface area contributed by atoms with Crippen LogP contribution in [0.2, 0.25) is 5.15 Å². The Balaban J connectivity index is 3.11. The fraction of sp³-hybridized carbons (Fsp3) is 0.500. The van der Waals surface area contributed by atoms with Crippen molar-refractivity contribution in [2.75, 3.05) is 23.4 Å². The first kappa shape index (κ1) is 10.8. The maximum Gasteiger partial charge on any atom is 0.223 e. The molecule has 4 N–H and O–H groups in total. The molecule has 0 atom stereocenters. The maximum absolute atomic E-state index is 5.88. The van der Waals surface area contributed by atoms with Crippen molar-refractivity contribution in [2.24, 2.45) is 0 Å². The minimum atomic E-state index is 0.164. The van der Waals surface area contributed by atoms with Crippen molar-refractivity contribution in [3.05, 3.63) is 5.15 Å². The number of nitrogens with zero attached hydrogens (tertiary/aromatic N) is 2. The van der Waals surface area contributed by atoms with Crippen LogP contribution in [-0.4, -0.2) is 23.1 Å². The predicted molar refractivity (Wildman–Crippen MR) is 59.8 cm³/mol. The van der Waals surface area contributed by atoms with Crippen molar-refractivity contribution in [1.29, 1.82) is 0 Å². The molecule has 0 aliphatic rings. The lowest BCUT2D eigenvalue weighted by molar-refractivity contribution is 0.888. The Labute approximate surface area is 88.1 Å². The molecule has 0 saturated carbocycles. The lowest BCUT2D eigenvalue weighted by atomic mass is 10.3. The van der Waals surface area contributed by atoms with Crippen LogP contribution in [0, 0.1) is 0 Å². The van der Waals surface area contributed by atoms with E-state index in [9.17, 15) is 0 Å². The highest BCUT2D eigenvalue weighted by molar-refractivity contribution is 6.32. The molecule has 1 rings (SSSR count). The summed E-state index contributed by atoms with van der Waals surface area (Å²) in [5.74, 6) is 0.789. The van der Waals surface area contributed by atoms with E-state index in [-0.39, 0.29) is 12.0 Å². The molecular formula is C8H14ClN5. The molecule has 0 radical (unpaired) electrons. The van der Waals surface area contributed by atoms with E-state index in [0.717, 1.165) is 0 Å². The monoisotopic (exact) mass is 215 g/mol. The van der Waals surface area contributed by atoms with Gasteiger partial charge in [-0.2, -0.15) is 9.97 Å². The minimum Gasteiger partial charge on any atom is -0.383 e. The van der Waals surface area contributed by atoms with Gasteiger partial charge in [0.25, 0.3) is 0 Å². The van der Waals surface area contributed by atoms with E-state index in [2.05, 4.69) is 20.6 Å². The first-order chi connectivity index (χ1) is 6.54. The van der Waals surface area contributed by atoms with Gasteiger partial charge in [-0.15, -0.1) is 0 Å². The third kappa shape index (κ3) is 2.38. The predicted octanol–water partition coefficient (Wildman–Crippen LogP) is 1.57. The molecule has 0 fully saturated rings. The van der Waals surface area contributed by atoms with E-state index in [0.29, 0.717) is 16.7 Å². The summed E-state index contributed by atoms with van der Waals surface area (Å²) >= 11 is 5.88. The molecule has 6 heteroatoms. The first-order valence-corrected chi connectivity index (χ1v) is 4.69.